The van der Waals surface area contributed by atoms with Crippen LogP contribution in [0, 0.1) is 5.82 Å². The van der Waals surface area contributed by atoms with Gasteiger partial charge in [-0.25, -0.2) is 4.39 Å². The molecule has 0 aliphatic rings. The van der Waals surface area contributed by atoms with Crippen LogP contribution < -0.4 is 4.90 Å². The van der Waals surface area contributed by atoms with E-state index in [4.69, 9.17) is 0 Å². The fourth-order valence-electron chi connectivity index (χ4n) is 1.64. The second-order valence-corrected chi connectivity index (χ2v) is 4.52. The highest BCUT2D eigenvalue weighted by Gasteiger charge is 2.15. The number of halogens is 1. The molecule has 0 spiro atoms. The van der Waals surface area contributed by atoms with Crippen LogP contribution >= 0.6 is 0 Å². The lowest BCUT2D eigenvalue weighted by Crippen LogP contribution is -2.34. The zero-order valence-electron chi connectivity index (χ0n) is 11.1. The third-order valence-electron chi connectivity index (χ3n) is 2.72. The molecule has 4 nitrogen and oxygen atoms in total. The van der Waals surface area contributed by atoms with Crippen molar-refractivity contribution in [2.75, 3.05) is 32.6 Å². The van der Waals surface area contributed by atoms with Crippen LogP contribution in [0.15, 0.2) is 18.2 Å². The molecule has 0 heterocycles. The number of carbonyl (C=O) groups is 1. The molecule has 1 rings (SSSR count). The third kappa shape index (κ3) is 3.43. The van der Waals surface area contributed by atoms with Gasteiger partial charge in [0.25, 0.3) is 0 Å². The predicted octanol–water partition coefficient (Wildman–Crippen LogP) is 1.40. The van der Waals surface area contributed by atoms with Crippen molar-refractivity contribution >= 4 is 11.6 Å². The highest BCUT2D eigenvalue weighted by molar-refractivity contribution is 5.81. The molecular weight excluding hydrogens is 235 g/mol. The molecule has 0 fully saturated rings. The molecule has 1 atom stereocenters. The Morgan fingerprint density at radius 2 is 2.00 bits per heavy atom. The number of anilines is 1. The summed E-state index contributed by atoms with van der Waals surface area (Å²) >= 11 is 0. The molecule has 0 bridgehead atoms. The molecule has 5 heteroatoms. The molecule has 0 unspecified atom stereocenters. The summed E-state index contributed by atoms with van der Waals surface area (Å²) in [6.07, 6.45) is -0.785. The first-order valence-corrected chi connectivity index (χ1v) is 5.71. The van der Waals surface area contributed by atoms with E-state index in [0.717, 1.165) is 0 Å². The average molecular weight is 254 g/mol. The van der Waals surface area contributed by atoms with E-state index in [0.29, 0.717) is 11.3 Å². The highest BCUT2D eigenvalue weighted by atomic mass is 19.1. The van der Waals surface area contributed by atoms with Crippen LogP contribution in [0.1, 0.15) is 18.6 Å². The fraction of sp³-hybridized carbons (Fsp3) is 0.462. The van der Waals surface area contributed by atoms with E-state index in [1.165, 1.54) is 17.0 Å². The van der Waals surface area contributed by atoms with Gasteiger partial charge >= 0.3 is 0 Å². The number of nitrogens with zero attached hydrogens (tertiary/aromatic N) is 2. The summed E-state index contributed by atoms with van der Waals surface area (Å²) in [5.41, 5.74) is 1.13. The summed E-state index contributed by atoms with van der Waals surface area (Å²) in [6.45, 7) is 1.75. The van der Waals surface area contributed by atoms with Gasteiger partial charge in [0.15, 0.2) is 0 Å². The summed E-state index contributed by atoms with van der Waals surface area (Å²) in [6, 6.07) is 4.18. The quantitative estimate of drug-likeness (QED) is 0.883. The molecule has 1 amide bonds. The Kier molecular flexibility index (Phi) is 4.67. The highest BCUT2D eigenvalue weighted by Crippen LogP contribution is 2.26. The predicted molar refractivity (Wildman–Crippen MR) is 69.0 cm³/mol. The number of carbonyl (C=O) groups excluding carboxylic acids is 1. The van der Waals surface area contributed by atoms with Crippen molar-refractivity contribution in [2.45, 2.75) is 13.0 Å². The Balaban J connectivity index is 2.98. The molecule has 1 N–H and O–H groups in total. The van der Waals surface area contributed by atoms with Crippen LogP contribution in [0.5, 0.6) is 0 Å². The van der Waals surface area contributed by atoms with Gasteiger partial charge < -0.3 is 14.9 Å². The van der Waals surface area contributed by atoms with Gasteiger partial charge in [0.1, 0.15) is 5.82 Å². The second-order valence-electron chi connectivity index (χ2n) is 4.52. The summed E-state index contributed by atoms with van der Waals surface area (Å²) in [4.78, 5) is 14.8. The standard InChI is InChI=1S/C13H19FN2O2/c1-9(17)11-7-10(14)5-6-12(11)16(4)8-13(18)15(2)3/h5-7,9,17H,8H2,1-4H3/t9-/m1/s1. The Hall–Kier alpha value is -1.62. The molecule has 0 saturated carbocycles. The van der Waals surface area contributed by atoms with Crippen molar-refractivity contribution in [1.29, 1.82) is 0 Å². The van der Waals surface area contributed by atoms with Crippen molar-refractivity contribution in [3.8, 4) is 0 Å². The molecule has 1 aromatic rings. The second kappa shape index (κ2) is 5.82. The van der Waals surface area contributed by atoms with Crippen LogP contribution in [0.4, 0.5) is 10.1 Å². The zero-order chi connectivity index (χ0) is 13.9. The van der Waals surface area contributed by atoms with Crippen molar-refractivity contribution in [3.05, 3.63) is 29.6 Å². The van der Waals surface area contributed by atoms with Gasteiger partial charge in [0.05, 0.1) is 12.6 Å². The average Bonchev–Trinajstić information content (AvgIpc) is 2.28. The summed E-state index contributed by atoms with van der Waals surface area (Å²) in [7, 11) is 5.09. The Morgan fingerprint density at radius 3 is 2.50 bits per heavy atom. The van der Waals surface area contributed by atoms with E-state index in [9.17, 15) is 14.3 Å². The molecular formula is C13H19FN2O2. The Labute approximate surface area is 107 Å². The maximum absolute atomic E-state index is 13.2. The minimum atomic E-state index is -0.785. The molecule has 0 saturated heterocycles. The summed E-state index contributed by atoms with van der Waals surface area (Å²) in [5, 5.41) is 9.63. The molecule has 100 valence electrons. The topological polar surface area (TPSA) is 43.8 Å². The van der Waals surface area contributed by atoms with E-state index in [1.807, 2.05) is 0 Å². The number of hydrogen-bond acceptors (Lipinski definition) is 3. The molecule has 0 radical (unpaired) electrons. The fourth-order valence-corrected chi connectivity index (χ4v) is 1.64. The van der Waals surface area contributed by atoms with Gasteiger partial charge in [-0.05, 0) is 25.1 Å². The number of hydrogen-bond donors (Lipinski definition) is 1. The largest absolute Gasteiger partial charge is 0.389 e. The van der Waals surface area contributed by atoms with Gasteiger partial charge in [-0.2, -0.15) is 0 Å². The lowest BCUT2D eigenvalue weighted by molar-refractivity contribution is -0.127. The normalized spacial score (nSPS) is 12.1. The molecule has 0 aromatic heterocycles. The lowest BCUT2D eigenvalue weighted by Gasteiger charge is -2.24. The van der Waals surface area contributed by atoms with Crippen molar-refractivity contribution < 1.29 is 14.3 Å². The van der Waals surface area contributed by atoms with E-state index in [1.54, 1.807) is 39.0 Å². The maximum Gasteiger partial charge on any atom is 0.241 e. The van der Waals surface area contributed by atoms with Gasteiger partial charge in [-0.3, -0.25) is 4.79 Å². The molecule has 0 aliphatic carbocycles. The number of aliphatic hydroxyl groups is 1. The van der Waals surface area contributed by atoms with E-state index >= 15 is 0 Å². The van der Waals surface area contributed by atoms with Gasteiger partial charge in [0.2, 0.25) is 5.91 Å². The van der Waals surface area contributed by atoms with E-state index in [-0.39, 0.29) is 12.5 Å². The van der Waals surface area contributed by atoms with E-state index < -0.39 is 11.9 Å². The van der Waals surface area contributed by atoms with E-state index in [2.05, 4.69) is 0 Å². The van der Waals surface area contributed by atoms with Gasteiger partial charge in [-0.1, -0.05) is 0 Å². The number of likely N-dealkylation sites (N-methyl/N-ethyl adjacent to an activating group) is 2. The summed E-state index contributed by atoms with van der Waals surface area (Å²) < 4.78 is 13.2. The number of amides is 1. The van der Waals surface area contributed by atoms with Crippen molar-refractivity contribution in [1.82, 2.24) is 4.90 Å². The van der Waals surface area contributed by atoms with Crippen LogP contribution in [-0.4, -0.2) is 43.6 Å². The van der Waals surface area contributed by atoms with Gasteiger partial charge in [-0.15, -0.1) is 0 Å². The first kappa shape index (κ1) is 14.4. The first-order chi connectivity index (χ1) is 8.32. The molecule has 0 aliphatic heterocycles. The van der Waals surface area contributed by atoms with Crippen molar-refractivity contribution in [3.63, 3.8) is 0 Å². The Bertz CT molecular complexity index is 433. The minimum absolute atomic E-state index is 0.0571. The lowest BCUT2D eigenvalue weighted by atomic mass is 10.1. The van der Waals surface area contributed by atoms with Crippen LogP contribution in [0.2, 0.25) is 0 Å². The summed E-state index contributed by atoms with van der Waals surface area (Å²) in [5.74, 6) is -0.458. The number of benzene rings is 1. The monoisotopic (exact) mass is 254 g/mol. The van der Waals surface area contributed by atoms with Crippen LogP contribution in [-0.2, 0) is 4.79 Å². The smallest absolute Gasteiger partial charge is 0.241 e. The van der Waals surface area contributed by atoms with Gasteiger partial charge in [0, 0.05) is 32.4 Å². The SMILES string of the molecule is C[C@@H](O)c1cc(F)ccc1N(C)CC(=O)N(C)C. The van der Waals surface area contributed by atoms with Crippen LogP contribution in [0.25, 0.3) is 0 Å². The Morgan fingerprint density at radius 1 is 1.39 bits per heavy atom. The minimum Gasteiger partial charge on any atom is -0.389 e. The first-order valence-electron chi connectivity index (χ1n) is 5.71. The third-order valence-corrected chi connectivity index (χ3v) is 2.72. The number of aliphatic hydroxyl groups excluding tert-OH is 1. The zero-order valence-corrected chi connectivity index (χ0v) is 11.1. The van der Waals surface area contributed by atoms with Crippen molar-refractivity contribution in [2.24, 2.45) is 0 Å². The number of rotatable bonds is 4. The molecule has 1 aromatic carbocycles. The van der Waals surface area contributed by atoms with Crippen LogP contribution in [0.3, 0.4) is 0 Å². The molecule has 18 heavy (non-hydrogen) atoms. The maximum atomic E-state index is 13.2.